The van der Waals surface area contributed by atoms with Crippen LogP contribution in [0.15, 0.2) is 0 Å². The smallest absolute Gasteiger partial charge is 0.333 e. The highest BCUT2D eigenvalue weighted by atomic mass is 16.6. The van der Waals surface area contributed by atoms with Crippen LogP contribution in [0.2, 0.25) is 0 Å². The Morgan fingerprint density at radius 2 is 2.45 bits per heavy atom. The molecule has 0 amide bonds. The van der Waals surface area contributed by atoms with Crippen LogP contribution < -0.4 is 10.6 Å². The third-order valence-corrected chi connectivity index (χ3v) is 3.28. The van der Waals surface area contributed by atoms with Crippen LogP contribution in [0.25, 0.3) is 0 Å². The summed E-state index contributed by atoms with van der Waals surface area (Å²) in [5, 5.41) is 21.9. The number of aryl methyl sites for hydroxylation is 2. The SMILES string of the molecule is CCCc1nn(C)c(NCC2COCCN2)c1[N+](=O)[O-]. The van der Waals surface area contributed by atoms with Crippen LogP contribution in [-0.4, -0.2) is 47.0 Å². The Bertz CT molecular complexity index is 468. The number of nitrogens with zero attached hydrogens (tertiary/aromatic N) is 3. The average Bonchev–Trinajstić information content (AvgIpc) is 2.74. The van der Waals surface area contributed by atoms with Crippen molar-refractivity contribution < 1.29 is 9.66 Å². The van der Waals surface area contributed by atoms with Crippen LogP contribution in [0.1, 0.15) is 19.0 Å². The summed E-state index contributed by atoms with van der Waals surface area (Å²) in [6.07, 6.45) is 1.44. The summed E-state index contributed by atoms with van der Waals surface area (Å²) >= 11 is 0. The molecule has 1 aliphatic heterocycles. The number of ether oxygens (including phenoxy) is 1. The number of rotatable bonds is 6. The van der Waals surface area contributed by atoms with Crippen molar-refractivity contribution >= 4 is 11.5 Å². The Morgan fingerprint density at radius 3 is 3.05 bits per heavy atom. The zero-order valence-corrected chi connectivity index (χ0v) is 11.9. The van der Waals surface area contributed by atoms with Gasteiger partial charge in [-0.25, -0.2) is 4.68 Å². The summed E-state index contributed by atoms with van der Waals surface area (Å²) in [5.74, 6) is 0.464. The minimum absolute atomic E-state index is 0.0890. The lowest BCUT2D eigenvalue weighted by atomic mass is 10.2. The second-order valence-corrected chi connectivity index (χ2v) is 4.88. The first kappa shape index (κ1) is 14.7. The molecule has 112 valence electrons. The van der Waals surface area contributed by atoms with E-state index in [1.54, 1.807) is 11.7 Å². The van der Waals surface area contributed by atoms with E-state index in [-0.39, 0.29) is 16.7 Å². The molecule has 2 rings (SSSR count). The molecule has 0 aromatic carbocycles. The van der Waals surface area contributed by atoms with Gasteiger partial charge in [0.2, 0.25) is 5.82 Å². The summed E-state index contributed by atoms with van der Waals surface area (Å²) < 4.78 is 6.91. The molecule has 1 aromatic rings. The van der Waals surface area contributed by atoms with E-state index in [1.807, 2.05) is 6.92 Å². The zero-order chi connectivity index (χ0) is 14.5. The van der Waals surface area contributed by atoms with Gasteiger partial charge in [0, 0.05) is 26.2 Å². The third-order valence-electron chi connectivity index (χ3n) is 3.28. The maximum atomic E-state index is 11.3. The number of nitro groups is 1. The van der Waals surface area contributed by atoms with Gasteiger partial charge in [-0.05, 0) is 6.42 Å². The summed E-state index contributed by atoms with van der Waals surface area (Å²) in [7, 11) is 1.72. The summed E-state index contributed by atoms with van der Waals surface area (Å²) in [5.41, 5.74) is 0.626. The number of aromatic nitrogens is 2. The summed E-state index contributed by atoms with van der Waals surface area (Å²) in [6.45, 7) is 4.69. The molecular formula is C12H21N5O3. The second kappa shape index (κ2) is 6.67. The maximum Gasteiger partial charge on any atom is 0.333 e. The second-order valence-electron chi connectivity index (χ2n) is 4.88. The monoisotopic (exact) mass is 283 g/mol. The van der Waals surface area contributed by atoms with Crippen LogP contribution in [-0.2, 0) is 18.2 Å². The molecule has 1 saturated heterocycles. The lowest BCUT2D eigenvalue weighted by Crippen LogP contribution is -2.45. The molecule has 2 heterocycles. The average molecular weight is 283 g/mol. The minimum atomic E-state index is -0.356. The van der Waals surface area contributed by atoms with Gasteiger partial charge in [0.25, 0.3) is 0 Å². The Morgan fingerprint density at radius 1 is 1.65 bits per heavy atom. The van der Waals surface area contributed by atoms with Crippen molar-refractivity contribution in [1.82, 2.24) is 15.1 Å². The first-order valence-electron chi connectivity index (χ1n) is 6.88. The van der Waals surface area contributed by atoms with Gasteiger partial charge in [-0.2, -0.15) is 5.10 Å². The fourth-order valence-electron chi connectivity index (χ4n) is 2.33. The first-order chi connectivity index (χ1) is 9.63. The quantitative estimate of drug-likeness (QED) is 0.589. The van der Waals surface area contributed by atoms with Crippen molar-refractivity contribution in [2.45, 2.75) is 25.8 Å². The molecule has 0 aliphatic carbocycles. The van der Waals surface area contributed by atoms with E-state index < -0.39 is 0 Å². The van der Waals surface area contributed by atoms with Crippen molar-refractivity contribution in [1.29, 1.82) is 0 Å². The van der Waals surface area contributed by atoms with Crippen LogP contribution >= 0.6 is 0 Å². The van der Waals surface area contributed by atoms with E-state index in [0.29, 0.717) is 37.7 Å². The molecule has 2 N–H and O–H groups in total. The Balaban J connectivity index is 2.11. The molecule has 1 atom stereocenters. The fraction of sp³-hybridized carbons (Fsp3) is 0.750. The van der Waals surface area contributed by atoms with E-state index >= 15 is 0 Å². The van der Waals surface area contributed by atoms with Gasteiger partial charge in [0.1, 0.15) is 5.69 Å². The number of hydrogen-bond donors (Lipinski definition) is 2. The minimum Gasteiger partial charge on any atom is -0.378 e. The maximum absolute atomic E-state index is 11.3. The van der Waals surface area contributed by atoms with Crippen molar-refractivity contribution in [2.75, 3.05) is 31.6 Å². The van der Waals surface area contributed by atoms with Gasteiger partial charge in [-0.15, -0.1) is 0 Å². The Hall–Kier alpha value is -1.67. The molecule has 0 bridgehead atoms. The highest BCUT2D eigenvalue weighted by molar-refractivity contribution is 5.60. The van der Waals surface area contributed by atoms with E-state index in [1.165, 1.54) is 0 Å². The van der Waals surface area contributed by atoms with Crippen molar-refractivity contribution in [3.05, 3.63) is 15.8 Å². The van der Waals surface area contributed by atoms with Crippen molar-refractivity contribution in [3.8, 4) is 0 Å². The normalized spacial score (nSPS) is 19.0. The molecule has 8 nitrogen and oxygen atoms in total. The Labute approximate surface area is 117 Å². The predicted molar refractivity (Wildman–Crippen MR) is 75.0 cm³/mol. The van der Waals surface area contributed by atoms with Crippen LogP contribution in [0.5, 0.6) is 0 Å². The third kappa shape index (κ3) is 3.26. The number of nitrogens with one attached hydrogen (secondary N) is 2. The topological polar surface area (TPSA) is 94.2 Å². The van der Waals surface area contributed by atoms with Gasteiger partial charge in [0.05, 0.1) is 18.1 Å². The van der Waals surface area contributed by atoms with Crippen LogP contribution in [0, 0.1) is 10.1 Å². The molecule has 8 heteroatoms. The summed E-state index contributed by atoms with van der Waals surface area (Å²) in [6, 6.07) is 0.160. The van der Waals surface area contributed by atoms with Gasteiger partial charge in [0.15, 0.2) is 0 Å². The highest BCUT2D eigenvalue weighted by Crippen LogP contribution is 2.28. The fourth-order valence-corrected chi connectivity index (χ4v) is 2.33. The highest BCUT2D eigenvalue weighted by Gasteiger charge is 2.26. The zero-order valence-electron chi connectivity index (χ0n) is 11.9. The molecule has 0 radical (unpaired) electrons. The molecule has 0 spiro atoms. The van der Waals surface area contributed by atoms with Crippen LogP contribution in [0.3, 0.4) is 0 Å². The lowest BCUT2D eigenvalue weighted by Gasteiger charge is -2.24. The molecule has 1 fully saturated rings. The standard InChI is InChI=1S/C12H21N5O3/c1-3-4-10-11(17(18)19)12(16(2)15-10)14-7-9-8-20-6-5-13-9/h9,13-14H,3-8H2,1-2H3. The molecule has 0 saturated carbocycles. The number of morpholine rings is 1. The van der Waals surface area contributed by atoms with Crippen LogP contribution in [0.4, 0.5) is 11.5 Å². The molecular weight excluding hydrogens is 262 g/mol. The molecule has 20 heavy (non-hydrogen) atoms. The summed E-state index contributed by atoms with van der Waals surface area (Å²) in [4.78, 5) is 10.9. The van der Waals surface area contributed by atoms with E-state index in [4.69, 9.17) is 4.74 Å². The first-order valence-corrected chi connectivity index (χ1v) is 6.88. The molecule has 1 unspecified atom stereocenters. The van der Waals surface area contributed by atoms with Gasteiger partial charge >= 0.3 is 5.69 Å². The molecule has 1 aliphatic rings. The van der Waals surface area contributed by atoms with Gasteiger partial charge < -0.3 is 15.4 Å². The predicted octanol–water partition coefficient (Wildman–Crippen LogP) is 0.681. The number of hydrogen-bond acceptors (Lipinski definition) is 6. The van der Waals surface area contributed by atoms with Gasteiger partial charge in [-0.1, -0.05) is 13.3 Å². The van der Waals surface area contributed by atoms with Crippen molar-refractivity contribution in [2.24, 2.45) is 7.05 Å². The van der Waals surface area contributed by atoms with E-state index in [0.717, 1.165) is 13.0 Å². The van der Waals surface area contributed by atoms with E-state index in [9.17, 15) is 10.1 Å². The van der Waals surface area contributed by atoms with E-state index in [2.05, 4.69) is 15.7 Å². The number of anilines is 1. The van der Waals surface area contributed by atoms with Crippen molar-refractivity contribution in [3.63, 3.8) is 0 Å². The Kier molecular flexibility index (Phi) is 4.91. The largest absolute Gasteiger partial charge is 0.378 e. The lowest BCUT2D eigenvalue weighted by molar-refractivity contribution is -0.384. The van der Waals surface area contributed by atoms with Gasteiger partial charge in [-0.3, -0.25) is 10.1 Å². The molecule has 1 aromatic heterocycles.